The summed E-state index contributed by atoms with van der Waals surface area (Å²) in [5.74, 6) is -0.194. The lowest BCUT2D eigenvalue weighted by Crippen LogP contribution is -2.20. The number of thiophene rings is 1. The summed E-state index contributed by atoms with van der Waals surface area (Å²) in [4.78, 5) is 7.72. The van der Waals surface area contributed by atoms with Crippen LogP contribution in [-0.4, -0.2) is 23.2 Å². The first kappa shape index (κ1) is 12.2. The van der Waals surface area contributed by atoms with Crippen molar-refractivity contribution in [1.29, 1.82) is 0 Å². The molecule has 1 aromatic heterocycles. The molecule has 20 heavy (non-hydrogen) atoms. The predicted molar refractivity (Wildman–Crippen MR) is 85.5 cm³/mol. The number of benzene rings is 1. The Balaban J connectivity index is 2.00. The third-order valence-corrected chi connectivity index (χ3v) is 5.46. The molecule has 0 amide bonds. The number of aliphatic imine (C=N–C) groups is 1. The largest absolute Gasteiger partial charge is 0.317 e. The van der Waals surface area contributed by atoms with Gasteiger partial charge in [0.1, 0.15) is 5.82 Å². The normalized spacial score (nSPS) is 17.9. The van der Waals surface area contributed by atoms with Gasteiger partial charge in [-0.05, 0) is 35.3 Å². The SMILES string of the molecule is C=CC1=C(c2cc(F)cc3sccc23)N2CCN=C2S1. The van der Waals surface area contributed by atoms with Gasteiger partial charge in [0.15, 0.2) is 5.17 Å². The Hall–Kier alpha value is -1.59. The van der Waals surface area contributed by atoms with E-state index in [0.717, 1.165) is 44.5 Å². The zero-order valence-electron chi connectivity index (χ0n) is 10.6. The van der Waals surface area contributed by atoms with Crippen LogP contribution in [-0.2, 0) is 0 Å². The smallest absolute Gasteiger partial charge is 0.168 e. The van der Waals surface area contributed by atoms with Gasteiger partial charge in [-0.3, -0.25) is 4.99 Å². The van der Waals surface area contributed by atoms with Gasteiger partial charge in [0.25, 0.3) is 0 Å². The molecule has 1 aromatic carbocycles. The summed E-state index contributed by atoms with van der Waals surface area (Å²) < 4.78 is 14.9. The Bertz CT molecular complexity index is 788. The Morgan fingerprint density at radius 1 is 1.40 bits per heavy atom. The summed E-state index contributed by atoms with van der Waals surface area (Å²) in [7, 11) is 0. The average molecular weight is 302 g/mol. The van der Waals surface area contributed by atoms with Gasteiger partial charge >= 0.3 is 0 Å². The van der Waals surface area contributed by atoms with Crippen molar-refractivity contribution in [3.05, 3.63) is 52.5 Å². The van der Waals surface area contributed by atoms with Gasteiger partial charge in [0, 0.05) is 27.1 Å². The summed E-state index contributed by atoms with van der Waals surface area (Å²) in [6, 6.07) is 5.27. The lowest BCUT2D eigenvalue weighted by molar-refractivity contribution is 0.624. The maximum absolute atomic E-state index is 13.9. The summed E-state index contributed by atoms with van der Waals surface area (Å²) in [6.07, 6.45) is 1.84. The lowest BCUT2D eigenvalue weighted by atomic mass is 10.1. The highest BCUT2D eigenvalue weighted by Gasteiger charge is 2.32. The van der Waals surface area contributed by atoms with Gasteiger partial charge < -0.3 is 4.90 Å². The van der Waals surface area contributed by atoms with Crippen molar-refractivity contribution in [3.8, 4) is 0 Å². The van der Waals surface area contributed by atoms with Crippen LogP contribution in [0.15, 0.2) is 46.1 Å². The highest BCUT2D eigenvalue weighted by atomic mass is 32.2. The third kappa shape index (κ3) is 1.66. The molecule has 0 spiro atoms. The molecule has 0 N–H and O–H groups in total. The van der Waals surface area contributed by atoms with E-state index in [-0.39, 0.29) is 5.82 Å². The maximum Gasteiger partial charge on any atom is 0.168 e. The van der Waals surface area contributed by atoms with Crippen LogP contribution in [0.3, 0.4) is 0 Å². The monoisotopic (exact) mass is 302 g/mol. The molecule has 2 nitrogen and oxygen atoms in total. The van der Waals surface area contributed by atoms with Crippen LogP contribution in [0.1, 0.15) is 5.56 Å². The fourth-order valence-electron chi connectivity index (χ4n) is 2.65. The molecule has 0 unspecified atom stereocenters. The number of rotatable bonds is 2. The zero-order valence-corrected chi connectivity index (χ0v) is 12.2. The van der Waals surface area contributed by atoms with E-state index in [2.05, 4.69) is 22.5 Å². The summed E-state index contributed by atoms with van der Waals surface area (Å²) in [5.41, 5.74) is 1.99. The summed E-state index contributed by atoms with van der Waals surface area (Å²) >= 11 is 3.18. The highest BCUT2D eigenvalue weighted by Crippen LogP contribution is 2.44. The second kappa shape index (κ2) is 4.46. The number of halogens is 1. The van der Waals surface area contributed by atoms with E-state index in [1.54, 1.807) is 35.2 Å². The van der Waals surface area contributed by atoms with E-state index in [1.807, 2.05) is 11.5 Å². The fraction of sp³-hybridized carbons (Fsp3) is 0.133. The second-order valence-electron chi connectivity index (χ2n) is 4.62. The molecular formula is C15H11FN2S2. The molecule has 5 heteroatoms. The molecule has 4 rings (SSSR count). The molecule has 0 fully saturated rings. The van der Waals surface area contributed by atoms with Crippen molar-refractivity contribution in [1.82, 2.24) is 4.90 Å². The van der Waals surface area contributed by atoms with E-state index >= 15 is 0 Å². The van der Waals surface area contributed by atoms with Crippen LogP contribution in [0, 0.1) is 5.82 Å². The quantitative estimate of drug-likeness (QED) is 0.821. The minimum Gasteiger partial charge on any atom is -0.317 e. The van der Waals surface area contributed by atoms with Gasteiger partial charge in [-0.25, -0.2) is 4.39 Å². The van der Waals surface area contributed by atoms with Crippen molar-refractivity contribution in [3.63, 3.8) is 0 Å². The van der Waals surface area contributed by atoms with E-state index < -0.39 is 0 Å². The third-order valence-electron chi connectivity index (χ3n) is 3.48. The number of amidine groups is 1. The molecule has 2 aliphatic rings. The van der Waals surface area contributed by atoms with Crippen LogP contribution in [0.5, 0.6) is 0 Å². The topological polar surface area (TPSA) is 15.6 Å². The zero-order chi connectivity index (χ0) is 13.7. The van der Waals surface area contributed by atoms with Crippen LogP contribution >= 0.6 is 23.1 Å². The van der Waals surface area contributed by atoms with Crippen molar-refractivity contribution in [2.45, 2.75) is 0 Å². The van der Waals surface area contributed by atoms with E-state index in [9.17, 15) is 4.39 Å². The Labute approximate surface area is 124 Å². The molecule has 3 heterocycles. The minimum atomic E-state index is -0.194. The van der Waals surface area contributed by atoms with Gasteiger partial charge in [-0.15, -0.1) is 11.3 Å². The standard InChI is InChI=1S/C15H11FN2S2/c1-2-12-14(18-5-4-17-15(18)20-12)11-7-9(16)8-13-10(11)3-6-19-13/h2-3,6-8H,1,4-5H2. The first-order valence-corrected chi connectivity index (χ1v) is 8.01. The Morgan fingerprint density at radius 3 is 3.15 bits per heavy atom. The first-order chi connectivity index (χ1) is 9.78. The number of thioether (sulfide) groups is 1. The van der Waals surface area contributed by atoms with Crippen LogP contribution in [0.4, 0.5) is 4.39 Å². The van der Waals surface area contributed by atoms with Crippen molar-refractivity contribution >= 4 is 44.0 Å². The molecule has 100 valence electrons. The van der Waals surface area contributed by atoms with Crippen molar-refractivity contribution in [2.75, 3.05) is 13.1 Å². The van der Waals surface area contributed by atoms with Gasteiger partial charge in [-0.1, -0.05) is 12.7 Å². The Kier molecular flexibility index (Phi) is 2.72. The number of hydrogen-bond donors (Lipinski definition) is 0. The molecule has 0 bridgehead atoms. The molecule has 0 saturated carbocycles. The van der Waals surface area contributed by atoms with E-state index in [4.69, 9.17) is 0 Å². The number of allylic oxidation sites excluding steroid dienone is 1. The van der Waals surface area contributed by atoms with E-state index in [1.165, 1.54) is 0 Å². The average Bonchev–Trinajstić information content (AvgIpc) is 3.11. The first-order valence-electron chi connectivity index (χ1n) is 6.31. The molecule has 0 radical (unpaired) electrons. The number of hydrogen-bond acceptors (Lipinski definition) is 4. The molecule has 2 aliphatic heterocycles. The van der Waals surface area contributed by atoms with Crippen molar-refractivity contribution < 1.29 is 4.39 Å². The molecule has 0 atom stereocenters. The van der Waals surface area contributed by atoms with Crippen molar-refractivity contribution in [2.24, 2.45) is 4.99 Å². The molecule has 2 aromatic rings. The van der Waals surface area contributed by atoms with Gasteiger partial charge in [0.2, 0.25) is 0 Å². The second-order valence-corrected chi connectivity index (χ2v) is 6.58. The Morgan fingerprint density at radius 2 is 2.30 bits per heavy atom. The molecule has 0 aliphatic carbocycles. The van der Waals surface area contributed by atoms with E-state index in [0.29, 0.717) is 0 Å². The van der Waals surface area contributed by atoms with Crippen LogP contribution in [0.25, 0.3) is 15.8 Å². The number of fused-ring (bicyclic) bond motifs is 2. The fourth-order valence-corrected chi connectivity index (χ4v) is 4.53. The van der Waals surface area contributed by atoms with Crippen LogP contribution in [0.2, 0.25) is 0 Å². The van der Waals surface area contributed by atoms with Gasteiger partial charge in [0.05, 0.1) is 12.2 Å². The highest BCUT2D eigenvalue weighted by molar-refractivity contribution is 8.17. The maximum atomic E-state index is 13.9. The molecule has 0 saturated heterocycles. The predicted octanol–water partition coefficient (Wildman–Crippen LogP) is 4.31. The number of nitrogens with zero attached hydrogens (tertiary/aromatic N) is 2. The lowest BCUT2D eigenvalue weighted by Gasteiger charge is -2.18. The minimum absolute atomic E-state index is 0.194. The summed E-state index contributed by atoms with van der Waals surface area (Å²) in [5, 5.41) is 4.10. The summed E-state index contributed by atoms with van der Waals surface area (Å²) in [6.45, 7) is 5.55. The van der Waals surface area contributed by atoms with Gasteiger partial charge in [-0.2, -0.15) is 0 Å². The van der Waals surface area contributed by atoms with Crippen LogP contribution < -0.4 is 0 Å². The molecular weight excluding hydrogens is 291 g/mol.